The third-order valence-electron chi connectivity index (χ3n) is 6.95. The Labute approximate surface area is 164 Å². The number of fused-ring (bicyclic) bond motifs is 2. The summed E-state index contributed by atoms with van der Waals surface area (Å²) < 4.78 is 6.32. The lowest BCUT2D eigenvalue weighted by Gasteiger charge is -2.45. The quantitative estimate of drug-likeness (QED) is 0.782. The minimum Gasteiger partial charge on any atom is -0.370 e. The second-order valence-electron chi connectivity index (χ2n) is 8.49. The van der Waals surface area contributed by atoms with Gasteiger partial charge in [0.1, 0.15) is 0 Å². The molecule has 0 N–H and O–H groups in total. The minimum absolute atomic E-state index is 0.194. The Kier molecular flexibility index (Phi) is 4.51. The van der Waals surface area contributed by atoms with Crippen molar-refractivity contribution in [3.63, 3.8) is 0 Å². The zero-order valence-electron chi connectivity index (χ0n) is 15.9. The largest absolute Gasteiger partial charge is 0.370 e. The summed E-state index contributed by atoms with van der Waals surface area (Å²) >= 11 is 1.67. The topological polar surface area (TPSA) is 49.9 Å². The molecule has 0 radical (unpaired) electrons. The molecule has 1 spiro atoms. The van der Waals surface area contributed by atoms with Crippen molar-refractivity contribution < 1.29 is 14.3 Å². The molecule has 146 valence electrons. The molecule has 3 aliphatic heterocycles. The van der Waals surface area contributed by atoms with Crippen molar-refractivity contribution in [1.29, 1.82) is 0 Å². The summed E-state index contributed by atoms with van der Waals surface area (Å²) in [6.07, 6.45) is 8.17. The molecule has 4 aliphatic rings. The second kappa shape index (κ2) is 6.89. The van der Waals surface area contributed by atoms with Gasteiger partial charge in [0.05, 0.1) is 17.1 Å². The lowest BCUT2D eigenvalue weighted by atomic mass is 9.80. The Hall–Kier alpha value is -1.40. The van der Waals surface area contributed by atoms with Crippen LogP contribution in [0.15, 0.2) is 6.07 Å². The standard InChI is InChI=1S/C21H28N2O3S/c24-19(15-4-3-5-15)23-11-7-21(8-12-23)16-14-18(27-17(16)6-13-26-21)20(25)22-9-1-2-10-22/h14-15H,1-13H2. The number of ether oxygens (including phenoxy) is 1. The molecule has 5 rings (SSSR count). The fourth-order valence-corrected chi connectivity index (χ4v) is 6.21. The van der Waals surface area contributed by atoms with Crippen LogP contribution < -0.4 is 0 Å². The van der Waals surface area contributed by atoms with E-state index in [1.165, 1.54) is 16.9 Å². The van der Waals surface area contributed by atoms with Crippen LogP contribution in [-0.2, 0) is 21.6 Å². The number of carbonyl (C=O) groups excluding carboxylic acids is 2. The minimum atomic E-state index is -0.288. The molecule has 0 atom stereocenters. The first-order valence-electron chi connectivity index (χ1n) is 10.5. The van der Waals surface area contributed by atoms with Crippen LogP contribution in [0.5, 0.6) is 0 Å². The third kappa shape index (κ3) is 3.01. The Balaban J connectivity index is 1.33. The molecule has 3 fully saturated rings. The number of nitrogens with zero attached hydrogens (tertiary/aromatic N) is 2. The zero-order chi connectivity index (χ0) is 18.4. The maximum atomic E-state index is 12.8. The number of hydrogen-bond donors (Lipinski definition) is 0. The van der Waals surface area contributed by atoms with Crippen LogP contribution in [0.25, 0.3) is 0 Å². The average Bonchev–Trinajstić information content (AvgIpc) is 3.31. The van der Waals surface area contributed by atoms with Gasteiger partial charge in [-0.3, -0.25) is 9.59 Å². The molecule has 5 nitrogen and oxygen atoms in total. The van der Waals surface area contributed by atoms with Gasteiger partial charge in [-0.15, -0.1) is 11.3 Å². The molecule has 4 heterocycles. The van der Waals surface area contributed by atoms with Gasteiger partial charge in [-0.1, -0.05) is 6.42 Å². The van der Waals surface area contributed by atoms with Gasteiger partial charge in [-0.05, 0) is 50.2 Å². The van der Waals surface area contributed by atoms with Gasteiger partial charge in [-0.25, -0.2) is 0 Å². The summed E-state index contributed by atoms with van der Waals surface area (Å²) in [6.45, 7) is 4.06. The monoisotopic (exact) mass is 388 g/mol. The molecule has 2 saturated heterocycles. The Bertz CT molecular complexity index is 741. The summed E-state index contributed by atoms with van der Waals surface area (Å²) in [5.74, 6) is 0.815. The molecule has 1 aromatic rings. The number of likely N-dealkylation sites (tertiary alicyclic amines) is 2. The molecule has 1 saturated carbocycles. The summed E-state index contributed by atoms with van der Waals surface area (Å²) in [5.41, 5.74) is 0.946. The predicted octanol–water partition coefficient (Wildman–Crippen LogP) is 3.17. The molecule has 6 heteroatoms. The van der Waals surface area contributed by atoms with Crippen LogP contribution in [0, 0.1) is 5.92 Å². The van der Waals surface area contributed by atoms with Crippen molar-refractivity contribution in [3.8, 4) is 0 Å². The molecule has 0 unspecified atom stereocenters. The lowest BCUT2D eigenvalue weighted by Crippen LogP contribution is -2.50. The predicted molar refractivity (Wildman–Crippen MR) is 104 cm³/mol. The van der Waals surface area contributed by atoms with E-state index in [4.69, 9.17) is 4.74 Å². The number of carbonyl (C=O) groups is 2. The maximum Gasteiger partial charge on any atom is 0.263 e. The van der Waals surface area contributed by atoms with E-state index in [9.17, 15) is 9.59 Å². The maximum absolute atomic E-state index is 12.8. The van der Waals surface area contributed by atoms with Crippen molar-refractivity contribution in [2.45, 2.75) is 57.0 Å². The van der Waals surface area contributed by atoms with Gasteiger partial charge in [0.15, 0.2) is 0 Å². The fraction of sp³-hybridized carbons (Fsp3) is 0.714. The Morgan fingerprint density at radius 2 is 1.78 bits per heavy atom. The molecular formula is C21H28N2O3S. The smallest absolute Gasteiger partial charge is 0.263 e. The van der Waals surface area contributed by atoms with Crippen LogP contribution in [-0.4, -0.2) is 54.4 Å². The van der Waals surface area contributed by atoms with Crippen molar-refractivity contribution in [3.05, 3.63) is 21.4 Å². The first-order chi connectivity index (χ1) is 13.2. The summed E-state index contributed by atoms with van der Waals surface area (Å²) in [6, 6.07) is 2.11. The first kappa shape index (κ1) is 17.7. The van der Waals surface area contributed by atoms with E-state index in [1.54, 1.807) is 11.3 Å². The van der Waals surface area contributed by atoms with E-state index in [2.05, 4.69) is 11.0 Å². The average molecular weight is 389 g/mol. The van der Waals surface area contributed by atoms with E-state index >= 15 is 0 Å². The van der Waals surface area contributed by atoms with Crippen molar-refractivity contribution in [2.24, 2.45) is 5.92 Å². The number of thiophene rings is 1. The van der Waals surface area contributed by atoms with Crippen LogP contribution in [0.4, 0.5) is 0 Å². The van der Waals surface area contributed by atoms with Gasteiger partial charge in [0.2, 0.25) is 5.91 Å². The van der Waals surface area contributed by atoms with Crippen molar-refractivity contribution in [1.82, 2.24) is 9.80 Å². The van der Waals surface area contributed by atoms with Gasteiger partial charge in [0, 0.05) is 43.4 Å². The number of hydrogen-bond acceptors (Lipinski definition) is 4. The lowest BCUT2D eigenvalue weighted by molar-refractivity contribution is -0.147. The van der Waals surface area contributed by atoms with E-state index in [-0.39, 0.29) is 17.4 Å². The molecular weight excluding hydrogens is 360 g/mol. The van der Waals surface area contributed by atoms with Gasteiger partial charge < -0.3 is 14.5 Å². The van der Waals surface area contributed by atoms with Gasteiger partial charge in [0.25, 0.3) is 5.91 Å². The molecule has 1 aromatic heterocycles. The molecule has 2 amide bonds. The first-order valence-corrected chi connectivity index (χ1v) is 11.3. The summed E-state index contributed by atoms with van der Waals surface area (Å²) in [4.78, 5) is 31.6. The highest BCUT2D eigenvalue weighted by Crippen LogP contribution is 2.45. The Morgan fingerprint density at radius 3 is 2.44 bits per heavy atom. The van der Waals surface area contributed by atoms with Crippen LogP contribution in [0.1, 0.15) is 65.1 Å². The van der Waals surface area contributed by atoms with E-state index in [0.29, 0.717) is 5.91 Å². The van der Waals surface area contributed by atoms with Crippen LogP contribution in [0.3, 0.4) is 0 Å². The van der Waals surface area contributed by atoms with Crippen LogP contribution >= 0.6 is 11.3 Å². The zero-order valence-corrected chi connectivity index (χ0v) is 16.7. The molecule has 0 bridgehead atoms. The highest BCUT2D eigenvalue weighted by molar-refractivity contribution is 7.14. The van der Waals surface area contributed by atoms with E-state index in [1.807, 2.05) is 4.90 Å². The highest BCUT2D eigenvalue weighted by Gasteiger charge is 2.44. The number of piperidine rings is 1. The molecule has 0 aromatic carbocycles. The molecule has 27 heavy (non-hydrogen) atoms. The van der Waals surface area contributed by atoms with Crippen LogP contribution in [0.2, 0.25) is 0 Å². The number of rotatable bonds is 2. The van der Waals surface area contributed by atoms with E-state index in [0.717, 1.165) is 82.6 Å². The fourth-order valence-electron chi connectivity index (χ4n) is 5.01. The van der Waals surface area contributed by atoms with Gasteiger partial charge >= 0.3 is 0 Å². The Morgan fingerprint density at radius 1 is 1.04 bits per heavy atom. The van der Waals surface area contributed by atoms with E-state index < -0.39 is 0 Å². The molecule has 1 aliphatic carbocycles. The summed E-state index contributed by atoms with van der Waals surface area (Å²) in [7, 11) is 0. The normalized spacial score (nSPS) is 24.7. The SMILES string of the molecule is O=C(c1cc2c(s1)CCOC21CCN(C(=O)C2CCC2)CC1)N1CCCC1. The second-order valence-corrected chi connectivity index (χ2v) is 9.63. The highest BCUT2D eigenvalue weighted by atomic mass is 32.1. The van der Waals surface area contributed by atoms with Crippen molar-refractivity contribution in [2.75, 3.05) is 32.8 Å². The third-order valence-corrected chi connectivity index (χ3v) is 8.13. The summed E-state index contributed by atoms with van der Waals surface area (Å²) in [5, 5.41) is 0. The van der Waals surface area contributed by atoms with Gasteiger partial charge in [-0.2, -0.15) is 0 Å². The van der Waals surface area contributed by atoms with Crippen molar-refractivity contribution >= 4 is 23.2 Å². The number of amides is 2.